The monoisotopic (exact) mass is 296 g/mol. The van der Waals surface area contributed by atoms with Crippen LogP contribution in [-0.4, -0.2) is 17.1 Å². The Morgan fingerprint density at radius 1 is 1.00 bits per heavy atom. The quantitative estimate of drug-likeness (QED) is 0.841. The van der Waals surface area contributed by atoms with E-state index in [2.05, 4.69) is 25.9 Å². The summed E-state index contributed by atoms with van der Waals surface area (Å²) in [4.78, 5) is 7.61. The Morgan fingerprint density at radius 2 is 1.59 bits per heavy atom. The van der Waals surface area contributed by atoms with Crippen molar-refractivity contribution in [3.63, 3.8) is 0 Å². The van der Waals surface area contributed by atoms with Gasteiger partial charge in [0, 0.05) is 10.7 Å². The van der Waals surface area contributed by atoms with Crippen LogP contribution in [-0.2, 0) is 0 Å². The van der Waals surface area contributed by atoms with E-state index in [0.717, 1.165) is 10.2 Å². The van der Waals surface area contributed by atoms with Crippen LogP contribution in [0, 0.1) is 0 Å². The summed E-state index contributed by atoms with van der Waals surface area (Å²) in [6, 6.07) is 7.05. The number of rotatable bonds is 1. The standard InChI is InChI=1S/C6H8N2O.C5H5BrN2/c1-9-5-2-3-6(7)8-4-5;6-4-1-2-5(7)8-3-4/h2-4H,1H3,(H2,7,8);1-3H,(H2,7,8). The second-order valence-electron chi connectivity index (χ2n) is 3.02. The summed E-state index contributed by atoms with van der Waals surface area (Å²) in [6.45, 7) is 0. The number of hydrogen-bond donors (Lipinski definition) is 2. The van der Waals surface area contributed by atoms with Gasteiger partial charge in [-0.1, -0.05) is 0 Å². The van der Waals surface area contributed by atoms with Crippen LogP contribution < -0.4 is 16.2 Å². The molecule has 0 saturated carbocycles. The lowest BCUT2D eigenvalue weighted by molar-refractivity contribution is 0.413. The first-order chi connectivity index (χ1) is 8.11. The van der Waals surface area contributed by atoms with Crippen LogP contribution >= 0.6 is 15.9 Å². The number of nitrogens with zero attached hydrogens (tertiary/aromatic N) is 2. The van der Waals surface area contributed by atoms with E-state index in [0.29, 0.717) is 11.6 Å². The molecule has 0 aliphatic heterocycles. The third-order valence-electron chi connectivity index (χ3n) is 1.75. The molecule has 0 bridgehead atoms. The molecule has 0 aliphatic rings. The molecule has 0 saturated heterocycles. The Hall–Kier alpha value is -1.82. The largest absolute Gasteiger partial charge is 0.495 e. The maximum atomic E-state index is 5.31. The van der Waals surface area contributed by atoms with Crippen molar-refractivity contribution in [3.8, 4) is 5.75 Å². The second-order valence-corrected chi connectivity index (χ2v) is 3.94. The van der Waals surface area contributed by atoms with Crippen LogP contribution in [0.1, 0.15) is 0 Å². The van der Waals surface area contributed by atoms with Gasteiger partial charge in [-0.2, -0.15) is 0 Å². The highest BCUT2D eigenvalue weighted by atomic mass is 79.9. The topological polar surface area (TPSA) is 87.0 Å². The van der Waals surface area contributed by atoms with Gasteiger partial charge in [-0.25, -0.2) is 9.97 Å². The zero-order chi connectivity index (χ0) is 12.7. The normalized spacial score (nSPS) is 9.06. The number of hydrogen-bond acceptors (Lipinski definition) is 5. The number of anilines is 2. The number of methoxy groups -OCH3 is 1. The predicted octanol–water partition coefficient (Wildman–Crippen LogP) is 2.10. The van der Waals surface area contributed by atoms with Crippen molar-refractivity contribution >= 4 is 27.6 Å². The summed E-state index contributed by atoms with van der Waals surface area (Å²) < 4.78 is 5.80. The van der Waals surface area contributed by atoms with Crippen molar-refractivity contribution in [1.82, 2.24) is 9.97 Å². The third kappa shape index (κ3) is 5.17. The van der Waals surface area contributed by atoms with Gasteiger partial charge in [0.15, 0.2) is 0 Å². The SMILES string of the molecule is COc1ccc(N)nc1.Nc1ccc(Br)cn1. The van der Waals surface area contributed by atoms with Crippen LogP contribution in [0.5, 0.6) is 5.75 Å². The fourth-order valence-electron chi connectivity index (χ4n) is 0.900. The summed E-state index contributed by atoms with van der Waals surface area (Å²) in [5, 5.41) is 0. The molecule has 0 atom stereocenters. The van der Waals surface area contributed by atoms with Gasteiger partial charge >= 0.3 is 0 Å². The average molecular weight is 297 g/mol. The molecular weight excluding hydrogens is 284 g/mol. The van der Waals surface area contributed by atoms with E-state index in [1.807, 2.05) is 6.07 Å². The molecule has 0 unspecified atom stereocenters. The van der Waals surface area contributed by atoms with Crippen LogP contribution in [0.2, 0.25) is 0 Å². The van der Waals surface area contributed by atoms with Crippen molar-refractivity contribution in [2.75, 3.05) is 18.6 Å². The number of pyridine rings is 2. The van der Waals surface area contributed by atoms with Crippen LogP contribution in [0.3, 0.4) is 0 Å². The van der Waals surface area contributed by atoms with Gasteiger partial charge in [0.1, 0.15) is 17.4 Å². The number of ether oxygens (including phenoxy) is 1. The fourth-order valence-corrected chi connectivity index (χ4v) is 1.13. The molecule has 90 valence electrons. The maximum Gasteiger partial charge on any atom is 0.137 e. The first kappa shape index (κ1) is 13.2. The summed E-state index contributed by atoms with van der Waals surface area (Å²) in [5.41, 5.74) is 10.6. The van der Waals surface area contributed by atoms with Gasteiger partial charge < -0.3 is 16.2 Å². The Bertz CT molecular complexity index is 423. The molecular formula is C11H13BrN4O. The molecule has 17 heavy (non-hydrogen) atoms. The van der Waals surface area contributed by atoms with E-state index in [-0.39, 0.29) is 0 Å². The van der Waals surface area contributed by atoms with Gasteiger partial charge in [0.05, 0.1) is 13.3 Å². The summed E-state index contributed by atoms with van der Waals surface area (Å²) in [6.07, 6.45) is 3.24. The molecule has 2 aromatic heterocycles. The molecule has 2 heterocycles. The van der Waals surface area contributed by atoms with Crippen molar-refractivity contribution in [3.05, 3.63) is 41.1 Å². The van der Waals surface area contributed by atoms with Crippen LogP contribution in [0.4, 0.5) is 11.6 Å². The minimum atomic E-state index is 0.510. The second kappa shape index (κ2) is 6.70. The van der Waals surface area contributed by atoms with E-state index in [1.54, 1.807) is 37.7 Å². The highest BCUT2D eigenvalue weighted by Gasteiger charge is 1.87. The zero-order valence-electron chi connectivity index (χ0n) is 9.30. The Morgan fingerprint density at radius 3 is 1.94 bits per heavy atom. The van der Waals surface area contributed by atoms with E-state index < -0.39 is 0 Å². The summed E-state index contributed by atoms with van der Waals surface area (Å²) in [5.74, 6) is 1.79. The molecule has 4 N–H and O–H groups in total. The molecule has 2 rings (SSSR count). The third-order valence-corrected chi connectivity index (χ3v) is 2.21. The van der Waals surface area contributed by atoms with E-state index in [9.17, 15) is 0 Å². The Balaban J connectivity index is 0.000000171. The maximum absolute atomic E-state index is 5.31. The van der Waals surface area contributed by atoms with Crippen molar-refractivity contribution < 1.29 is 4.74 Å². The Kier molecular flexibility index (Phi) is 5.22. The molecule has 0 amide bonds. The van der Waals surface area contributed by atoms with Gasteiger partial charge in [0.2, 0.25) is 0 Å². The van der Waals surface area contributed by atoms with Crippen LogP contribution in [0.25, 0.3) is 0 Å². The Labute approximate surface area is 108 Å². The van der Waals surface area contributed by atoms with Crippen molar-refractivity contribution in [2.45, 2.75) is 0 Å². The highest BCUT2D eigenvalue weighted by Crippen LogP contribution is 2.08. The van der Waals surface area contributed by atoms with E-state index in [1.165, 1.54) is 0 Å². The molecule has 5 nitrogen and oxygen atoms in total. The van der Waals surface area contributed by atoms with Gasteiger partial charge in [-0.15, -0.1) is 0 Å². The fraction of sp³-hybridized carbons (Fsp3) is 0.0909. The number of aromatic nitrogens is 2. The molecule has 2 aromatic rings. The smallest absolute Gasteiger partial charge is 0.137 e. The minimum Gasteiger partial charge on any atom is -0.495 e. The lowest BCUT2D eigenvalue weighted by Gasteiger charge is -1.96. The zero-order valence-corrected chi connectivity index (χ0v) is 10.9. The lowest BCUT2D eigenvalue weighted by atomic mass is 10.4. The molecule has 0 radical (unpaired) electrons. The average Bonchev–Trinajstić information content (AvgIpc) is 2.35. The highest BCUT2D eigenvalue weighted by molar-refractivity contribution is 9.10. The molecule has 0 fully saturated rings. The van der Waals surface area contributed by atoms with E-state index >= 15 is 0 Å². The van der Waals surface area contributed by atoms with Crippen molar-refractivity contribution in [2.24, 2.45) is 0 Å². The number of halogens is 1. The van der Waals surface area contributed by atoms with E-state index in [4.69, 9.17) is 16.2 Å². The molecule has 0 aromatic carbocycles. The number of nitrogen functional groups attached to an aromatic ring is 2. The summed E-state index contributed by atoms with van der Waals surface area (Å²) in [7, 11) is 1.59. The molecule has 0 spiro atoms. The first-order valence-corrected chi connectivity index (χ1v) is 5.53. The number of nitrogens with two attached hydrogens (primary N) is 2. The van der Waals surface area contributed by atoms with Crippen molar-refractivity contribution in [1.29, 1.82) is 0 Å². The first-order valence-electron chi connectivity index (χ1n) is 4.74. The molecule has 6 heteroatoms. The van der Waals surface area contributed by atoms with Gasteiger partial charge in [0.25, 0.3) is 0 Å². The minimum absolute atomic E-state index is 0.510. The molecule has 0 aliphatic carbocycles. The summed E-state index contributed by atoms with van der Waals surface area (Å²) >= 11 is 3.23. The van der Waals surface area contributed by atoms with Gasteiger partial charge in [-0.3, -0.25) is 0 Å². The van der Waals surface area contributed by atoms with Crippen LogP contribution in [0.15, 0.2) is 41.1 Å². The lowest BCUT2D eigenvalue weighted by Crippen LogP contribution is -1.89. The predicted molar refractivity (Wildman–Crippen MR) is 71.6 cm³/mol. The van der Waals surface area contributed by atoms with Gasteiger partial charge in [-0.05, 0) is 40.2 Å².